The molecule has 0 bridgehead atoms. The van der Waals surface area contributed by atoms with Gasteiger partial charge < -0.3 is 5.73 Å². The molecule has 0 heterocycles. The third-order valence-corrected chi connectivity index (χ3v) is 2.32. The molecule has 2 heteroatoms. The molecule has 0 unspecified atom stereocenters. The van der Waals surface area contributed by atoms with E-state index in [1.807, 2.05) is 37.3 Å². The Hall–Kier alpha value is -1.57. The lowest BCUT2D eigenvalue weighted by molar-refractivity contribution is -0.114. The van der Waals surface area contributed by atoms with Crippen LogP contribution >= 0.6 is 0 Å². The van der Waals surface area contributed by atoms with E-state index in [4.69, 9.17) is 5.73 Å². The van der Waals surface area contributed by atoms with E-state index in [1.165, 1.54) is 0 Å². The van der Waals surface area contributed by atoms with Crippen molar-refractivity contribution in [3.8, 4) is 0 Å². The van der Waals surface area contributed by atoms with Gasteiger partial charge in [0.15, 0.2) is 0 Å². The van der Waals surface area contributed by atoms with Crippen LogP contribution in [-0.2, 0) is 4.79 Å². The highest BCUT2D eigenvalue weighted by atomic mass is 16.1. The predicted octanol–water partition coefficient (Wildman–Crippen LogP) is 3.91. The lowest BCUT2D eigenvalue weighted by Crippen LogP contribution is -2.15. The second-order valence-corrected chi connectivity index (χ2v) is 4.61. The van der Waals surface area contributed by atoms with Crippen LogP contribution in [0.1, 0.15) is 40.0 Å². The summed E-state index contributed by atoms with van der Waals surface area (Å²) in [7, 11) is 0. The van der Waals surface area contributed by atoms with Gasteiger partial charge in [0, 0.05) is 5.57 Å². The first-order valence-corrected chi connectivity index (χ1v) is 6.51. The molecule has 18 heavy (non-hydrogen) atoms. The first kappa shape index (κ1) is 16.4. The Balaban J connectivity index is 4.11. The Morgan fingerprint density at radius 2 is 1.72 bits per heavy atom. The monoisotopic (exact) mass is 247 g/mol. The van der Waals surface area contributed by atoms with Gasteiger partial charge in [-0.05, 0) is 32.1 Å². The molecule has 0 aromatic carbocycles. The number of hydrogen-bond donors (Lipinski definition) is 1. The van der Waals surface area contributed by atoms with Crippen molar-refractivity contribution in [2.75, 3.05) is 0 Å². The SMILES string of the molecule is C/C=C/C=C/CC/C=C/C=C(\CC(C)C)C(N)=O. The van der Waals surface area contributed by atoms with Crippen LogP contribution in [0.5, 0.6) is 0 Å². The van der Waals surface area contributed by atoms with E-state index in [0.29, 0.717) is 11.5 Å². The summed E-state index contributed by atoms with van der Waals surface area (Å²) in [5.41, 5.74) is 6.02. The Morgan fingerprint density at radius 1 is 1.11 bits per heavy atom. The summed E-state index contributed by atoms with van der Waals surface area (Å²) in [5, 5.41) is 0. The maximum Gasteiger partial charge on any atom is 0.244 e. The van der Waals surface area contributed by atoms with Gasteiger partial charge in [0.25, 0.3) is 0 Å². The molecule has 0 saturated carbocycles. The molecule has 100 valence electrons. The first-order valence-electron chi connectivity index (χ1n) is 6.51. The normalized spacial score (nSPS) is 13.4. The van der Waals surface area contributed by atoms with E-state index < -0.39 is 0 Å². The van der Waals surface area contributed by atoms with Gasteiger partial charge in [-0.25, -0.2) is 0 Å². The van der Waals surface area contributed by atoms with Gasteiger partial charge in [-0.3, -0.25) is 4.79 Å². The lowest BCUT2D eigenvalue weighted by Gasteiger charge is -2.04. The number of hydrogen-bond acceptors (Lipinski definition) is 1. The van der Waals surface area contributed by atoms with Crippen molar-refractivity contribution in [1.82, 2.24) is 0 Å². The second kappa shape index (κ2) is 10.6. The molecule has 0 aliphatic rings. The zero-order chi connectivity index (χ0) is 13.8. The number of rotatable bonds is 8. The smallest absolute Gasteiger partial charge is 0.244 e. The van der Waals surface area contributed by atoms with Gasteiger partial charge in [-0.15, -0.1) is 0 Å². The second-order valence-electron chi connectivity index (χ2n) is 4.61. The molecular formula is C16H25NO. The van der Waals surface area contributed by atoms with Crippen LogP contribution in [0.15, 0.2) is 48.1 Å². The first-order chi connectivity index (χ1) is 8.57. The highest BCUT2D eigenvalue weighted by Crippen LogP contribution is 2.10. The predicted molar refractivity (Wildman–Crippen MR) is 79.1 cm³/mol. The number of allylic oxidation sites excluding steroid dienone is 7. The summed E-state index contributed by atoms with van der Waals surface area (Å²) in [6.07, 6.45) is 16.7. The van der Waals surface area contributed by atoms with Crippen molar-refractivity contribution in [2.45, 2.75) is 40.0 Å². The molecule has 0 aliphatic heterocycles. The summed E-state index contributed by atoms with van der Waals surface area (Å²) in [6, 6.07) is 0. The summed E-state index contributed by atoms with van der Waals surface area (Å²) in [6.45, 7) is 6.15. The summed E-state index contributed by atoms with van der Waals surface area (Å²) >= 11 is 0. The molecule has 0 spiro atoms. The molecule has 0 fully saturated rings. The minimum Gasteiger partial charge on any atom is -0.366 e. The average molecular weight is 247 g/mol. The maximum atomic E-state index is 11.2. The van der Waals surface area contributed by atoms with Gasteiger partial charge in [0.05, 0.1) is 0 Å². The molecule has 0 aromatic rings. The molecule has 2 nitrogen and oxygen atoms in total. The van der Waals surface area contributed by atoms with E-state index in [0.717, 1.165) is 19.3 Å². The van der Waals surface area contributed by atoms with E-state index in [9.17, 15) is 4.79 Å². The Kier molecular flexibility index (Phi) is 9.65. The number of carbonyl (C=O) groups is 1. The van der Waals surface area contributed by atoms with Crippen LogP contribution in [0, 0.1) is 5.92 Å². The van der Waals surface area contributed by atoms with Gasteiger partial charge in [-0.2, -0.15) is 0 Å². The standard InChI is InChI=1S/C16H25NO/c1-4-5-6-7-8-9-10-11-12-15(16(17)18)13-14(2)3/h4-7,10-12,14H,8-9,13H2,1-3H3,(H2,17,18)/b5-4+,7-6+,11-10+,15-12+. The molecule has 0 aliphatic carbocycles. The van der Waals surface area contributed by atoms with Gasteiger partial charge in [-0.1, -0.05) is 56.4 Å². The van der Waals surface area contributed by atoms with Crippen molar-refractivity contribution < 1.29 is 4.79 Å². The third kappa shape index (κ3) is 9.64. The lowest BCUT2D eigenvalue weighted by atomic mass is 10.0. The molecule has 0 saturated heterocycles. The van der Waals surface area contributed by atoms with Crippen molar-refractivity contribution in [3.05, 3.63) is 48.1 Å². The minimum atomic E-state index is -0.318. The molecular weight excluding hydrogens is 222 g/mol. The fourth-order valence-corrected chi connectivity index (χ4v) is 1.45. The molecule has 0 rings (SSSR count). The number of unbranched alkanes of at least 4 members (excludes halogenated alkanes) is 1. The van der Waals surface area contributed by atoms with Crippen molar-refractivity contribution >= 4 is 5.91 Å². The highest BCUT2D eigenvalue weighted by molar-refractivity contribution is 5.92. The minimum absolute atomic E-state index is 0.318. The van der Waals surface area contributed by atoms with E-state index >= 15 is 0 Å². The zero-order valence-corrected chi connectivity index (χ0v) is 11.7. The van der Waals surface area contributed by atoms with Crippen LogP contribution in [0.25, 0.3) is 0 Å². The topological polar surface area (TPSA) is 43.1 Å². The van der Waals surface area contributed by atoms with Crippen LogP contribution in [0.3, 0.4) is 0 Å². The number of primary amides is 1. The molecule has 0 radical (unpaired) electrons. The van der Waals surface area contributed by atoms with Gasteiger partial charge in [0.1, 0.15) is 0 Å². The Bertz CT molecular complexity index is 346. The van der Waals surface area contributed by atoms with Crippen LogP contribution < -0.4 is 5.73 Å². The van der Waals surface area contributed by atoms with E-state index in [2.05, 4.69) is 26.0 Å². The molecule has 0 aromatic heterocycles. The van der Waals surface area contributed by atoms with Crippen LogP contribution in [-0.4, -0.2) is 5.91 Å². The van der Waals surface area contributed by atoms with Crippen molar-refractivity contribution in [3.63, 3.8) is 0 Å². The Morgan fingerprint density at radius 3 is 2.22 bits per heavy atom. The van der Waals surface area contributed by atoms with E-state index in [1.54, 1.807) is 0 Å². The molecule has 0 atom stereocenters. The van der Waals surface area contributed by atoms with Crippen LogP contribution in [0.2, 0.25) is 0 Å². The third-order valence-electron chi connectivity index (χ3n) is 2.32. The van der Waals surface area contributed by atoms with Crippen LogP contribution in [0.4, 0.5) is 0 Å². The number of nitrogens with two attached hydrogens (primary N) is 1. The average Bonchev–Trinajstić information content (AvgIpc) is 2.30. The summed E-state index contributed by atoms with van der Waals surface area (Å²) in [5.74, 6) is 0.127. The summed E-state index contributed by atoms with van der Waals surface area (Å²) < 4.78 is 0. The quantitative estimate of drug-likeness (QED) is 0.394. The molecule has 1 amide bonds. The number of amides is 1. The number of carbonyl (C=O) groups excluding carboxylic acids is 1. The fraction of sp³-hybridized carbons (Fsp3) is 0.438. The Labute approximate surface area is 111 Å². The maximum absolute atomic E-state index is 11.2. The van der Waals surface area contributed by atoms with Gasteiger partial charge >= 0.3 is 0 Å². The van der Waals surface area contributed by atoms with Crippen molar-refractivity contribution in [2.24, 2.45) is 11.7 Å². The largest absolute Gasteiger partial charge is 0.366 e. The summed E-state index contributed by atoms with van der Waals surface area (Å²) in [4.78, 5) is 11.2. The van der Waals surface area contributed by atoms with Crippen molar-refractivity contribution in [1.29, 1.82) is 0 Å². The fourth-order valence-electron chi connectivity index (χ4n) is 1.45. The van der Waals surface area contributed by atoms with Gasteiger partial charge in [0.2, 0.25) is 5.91 Å². The molecule has 2 N–H and O–H groups in total. The highest BCUT2D eigenvalue weighted by Gasteiger charge is 2.05. The zero-order valence-electron chi connectivity index (χ0n) is 11.7. The van der Waals surface area contributed by atoms with E-state index in [-0.39, 0.29) is 5.91 Å².